The standard InChI is InChI=1S/C71H80BN3S/c1-65(2,3)46-24-22-44(23-25-46)43-18-20-45(21-19-43)64-73-57-41-56-59(42-62(57)76-64)74(49-28-26-47(27-29-49)66(4,5)6)60-36-48(67(7,8)9)37-61-63(60)72(56)55-39-53-54(71(16,17)35-34-70(53,14)15)40-58(55)75(61)50-30-31-51-52(38-50)69(12,13)33-32-68(51,10)11/h18-31,36-42H,32-35H2,1-17H3. The van der Waals surface area contributed by atoms with Gasteiger partial charge in [0.25, 0.3) is 6.71 Å². The highest BCUT2D eigenvalue weighted by molar-refractivity contribution is 7.21. The van der Waals surface area contributed by atoms with E-state index in [4.69, 9.17) is 4.98 Å². The average Bonchev–Trinajstić information content (AvgIpc) is 3.93. The minimum Gasteiger partial charge on any atom is -0.311 e. The van der Waals surface area contributed by atoms with Gasteiger partial charge in [-0.2, -0.15) is 0 Å². The number of hydrogen-bond donors (Lipinski definition) is 0. The van der Waals surface area contributed by atoms with Crippen LogP contribution in [0.4, 0.5) is 34.1 Å². The van der Waals surface area contributed by atoms with Crippen molar-refractivity contribution in [3.8, 4) is 21.7 Å². The first kappa shape index (κ1) is 50.9. The van der Waals surface area contributed by atoms with E-state index >= 15 is 0 Å². The third-order valence-electron chi connectivity index (χ3n) is 18.7. The lowest BCUT2D eigenvalue weighted by Crippen LogP contribution is -2.62. The Kier molecular flexibility index (Phi) is 11.2. The molecule has 12 rings (SSSR count). The van der Waals surface area contributed by atoms with Gasteiger partial charge in [-0.05, 0) is 185 Å². The maximum absolute atomic E-state index is 5.57. The van der Waals surface area contributed by atoms with Crippen LogP contribution in [-0.4, -0.2) is 11.7 Å². The smallest absolute Gasteiger partial charge is 0.252 e. The molecule has 2 aliphatic carbocycles. The molecule has 0 unspecified atom stereocenters. The second-order valence-electron chi connectivity index (χ2n) is 29.1. The molecule has 0 fully saturated rings. The Morgan fingerprint density at radius 3 is 1.37 bits per heavy atom. The Bertz CT molecular complexity index is 3640. The third kappa shape index (κ3) is 8.22. The summed E-state index contributed by atoms with van der Waals surface area (Å²) >= 11 is 1.81. The van der Waals surface area contributed by atoms with Crippen molar-refractivity contribution in [2.24, 2.45) is 0 Å². The van der Waals surface area contributed by atoms with Gasteiger partial charge in [0, 0.05) is 39.7 Å². The van der Waals surface area contributed by atoms with Crippen LogP contribution >= 0.6 is 11.3 Å². The Morgan fingerprint density at radius 1 is 0.408 bits per heavy atom. The fraction of sp³-hybridized carbons (Fsp3) is 0.394. The van der Waals surface area contributed by atoms with Crippen molar-refractivity contribution < 1.29 is 0 Å². The summed E-state index contributed by atoms with van der Waals surface area (Å²) in [7, 11) is 0. The predicted molar refractivity (Wildman–Crippen MR) is 331 cm³/mol. The van der Waals surface area contributed by atoms with Crippen molar-refractivity contribution in [1.82, 2.24) is 4.98 Å². The predicted octanol–water partition coefficient (Wildman–Crippen LogP) is 18.3. The molecule has 5 heteroatoms. The van der Waals surface area contributed by atoms with E-state index in [0.29, 0.717) is 0 Å². The van der Waals surface area contributed by atoms with Crippen molar-refractivity contribution in [2.75, 3.05) is 9.80 Å². The van der Waals surface area contributed by atoms with Gasteiger partial charge in [0.15, 0.2) is 0 Å². The fourth-order valence-electron chi connectivity index (χ4n) is 13.4. The van der Waals surface area contributed by atoms with E-state index in [1.54, 1.807) is 0 Å². The highest BCUT2D eigenvalue weighted by Gasteiger charge is 2.48. The highest BCUT2D eigenvalue weighted by Crippen LogP contribution is 2.54. The number of thiazole rings is 1. The van der Waals surface area contributed by atoms with E-state index < -0.39 is 0 Å². The zero-order valence-electron chi connectivity index (χ0n) is 48.8. The number of anilines is 6. The Hall–Kier alpha value is -5.91. The number of nitrogens with zero attached hydrogens (tertiary/aromatic N) is 3. The summed E-state index contributed by atoms with van der Waals surface area (Å²) in [4.78, 5) is 10.9. The van der Waals surface area contributed by atoms with Crippen LogP contribution in [0.2, 0.25) is 0 Å². The van der Waals surface area contributed by atoms with Crippen molar-refractivity contribution >= 4 is 78.8 Å². The van der Waals surface area contributed by atoms with Gasteiger partial charge in [-0.3, -0.25) is 0 Å². The van der Waals surface area contributed by atoms with Gasteiger partial charge in [-0.1, -0.05) is 190 Å². The molecule has 0 saturated heterocycles. The second-order valence-corrected chi connectivity index (χ2v) is 30.1. The van der Waals surface area contributed by atoms with E-state index in [9.17, 15) is 0 Å². The number of hydrogen-bond acceptors (Lipinski definition) is 4. The maximum Gasteiger partial charge on any atom is 0.252 e. The lowest BCUT2D eigenvalue weighted by atomic mass is 9.33. The first-order valence-corrected chi connectivity index (χ1v) is 29.2. The van der Waals surface area contributed by atoms with E-state index in [1.807, 2.05) is 11.3 Å². The van der Waals surface area contributed by atoms with Gasteiger partial charge in [0.05, 0.1) is 10.2 Å². The quantitative estimate of drug-likeness (QED) is 0.164. The van der Waals surface area contributed by atoms with E-state index in [0.717, 1.165) is 28.9 Å². The van der Waals surface area contributed by atoms with Crippen molar-refractivity contribution in [3.05, 3.63) is 166 Å². The molecule has 4 aliphatic rings. The van der Waals surface area contributed by atoms with E-state index in [1.165, 1.54) is 118 Å². The fourth-order valence-corrected chi connectivity index (χ4v) is 14.4. The molecule has 0 bridgehead atoms. The molecule has 7 aromatic carbocycles. The molecule has 0 atom stereocenters. The summed E-state index contributed by atoms with van der Waals surface area (Å²) < 4.78 is 1.20. The molecular weight excluding hydrogens is 938 g/mol. The van der Waals surface area contributed by atoms with Crippen molar-refractivity contribution in [1.29, 1.82) is 0 Å². The van der Waals surface area contributed by atoms with Crippen LogP contribution in [0.15, 0.2) is 127 Å². The van der Waals surface area contributed by atoms with Crippen LogP contribution in [0.25, 0.3) is 31.9 Å². The van der Waals surface area contributed by atoms with Gasteiger partial charge in [0.2, 0.25) is 0 Å². The zero-order valence-corrected chi connectivity index (χ0v) is 49.6. The molecular formula is C71H80BN3S. The minimum atomic E-state index is -0.124. The lowest BCUT2D eigenvalue weighted by Gasteiger charge is -2.48. The number of benzene rings is 7. The lowest BCUT2D eigenvalue weighted by molar-refractivity contribution is 0.332. The largest absolute Gasteiger partial charge is 0.311 e. The number of aromatic nitrogens is 1. The molecule has 0 amide bonds. The maximum atomic E-state index is 5.57. The summed E-state index contributed by atoms with van der Waals surface area (Å²) in [6, 6.07) is 50.7. The highest BCUT2D eigenvalue weighted by atomic mass is 32.1. The molecule has 3 heterocycles. The van der Waals surface area contributed by atoms with Crippen molar-refractivity contribution in [3.63, 3.8) is 0 Å². The van der Waals surface area contributed by atoms with Gasteiger partial charge < -0.3 is 9.80 Å². The van der Waals surface area contributed by atoms with Crippen LogP contribution < -0.4 is 26.2 Å². The molecule has 0 saturated carbocycles. The number of rotatable bonds is 4. The van der Waals surface area contributed by atoms with Gasteiger partial charge in [-0.15, -0.1) is 11.3 Å². The third-order valence-corrected chi connectivity index (χ3v) is 19.8. The first-order valence-electron chi connectivity index (χ1n) is 28.4. The van der Waals surface area contributed by atoms with Gasteiger partial charge in [-0.25, -0.2) is 4.98 Å². The molecule has 8 aromatic rings. The number of fused-ring (bicyclic) bond motifs is 7. The van der Waals surface area contributed by atoms with Gasteiger partial charge >= 0.3 is 0 Å². The SMILES string of the molecule is CC(C)(C)c1ccc(-c2ccc(-c3nc4cc5c(cc4s3)N(c3ccc(C(C)(C)C)cc3)c3cc(C(C)(C)C)cc4c3B5c3cc5c(cc3N4c3ccc4c(c3)C(C)(C)CCC4(C)C)C(C)(C)CCC5(C)C)cc2)cc1. The second kappa shape index (κ2) is 16.8. The van der Waals surface area contributed by atoms with Crippen molar-refractivity contribution in [2.45, 2.75) is 181 Å². The Balaban J connectivity index is 1.13. The van der Waals surface area contributed by atoms with E-state index in [-0.39, 0.29) is 44.6 Å². The zero-order chi connectivity index (χ0) is 54.0. The molecule has 0 N–H and O–H groups in total. The summed E-state index contributed by atoms with van der Waals surface area (Å²) in [6.07, 6.45) is 4.69. The average molecular weight is 1020 g/mol. The monoisotopic (exact) mass is 1020 g/mol. The topological polar surface area (TPSA) is 19.4 Å². The minimum absolute atomic E-state index is 0.0250. The Morgan fingerprint density at radius 2 is 0.829 bits per heavy atom. The molecule has 76 heavy (non-hydrogen) atoms. The summed E-state index contributed by atoms with van der Waals surface area (Å²) in [5, 5.41) is 1.05. The van der Waals surface area contributed by atoms with Gasteiger partial charge in [0.1, 0.15) is 5.01 Å². The van der Waals surface area contributed by atoms with Crippen LogP contribution in [-0.2, 0) is 37.9 Å². The molecule has 2 aliphatic heterocycles. The van der Waals surface area contributed by atoms with Crippen LogP contribution in [0, 0.1) is 0 Å². The van der Waals surface area contributed by atoms with E-state index in [2.05, 4.69) is 255 Å². The molecule has 0 radical (unpaired) electrons. The first-order chi connectivity index (χ1) is 35.5. The summed E-state index contributed by atoms with van der Waals surface area (Å²) in [5.41, 5.74) is 26.5. The normalized spacial score (nSPS) is 17.9. The molecule has 388 valence electrons. The molecule has 3 nitrogen and oxygen atoms in total. The Labute approximate surface area is 460 Å². The van der Waals surface area contributed by atoms with Crippen LogP contribution in [0.1, 0.15) is 182 Å². The van der Waals surface area contributed by atoms with Crippen LogP contribution in [0.5, 0.6) is 0 Å². The van der Waals surface area contributed by atoms with Crippen LogP contribution in [0.3, 0.4) is 0 Å². The molecule has 0 spiro atoms. The molecule has 1 aromatic heterocycles. The summed E-state index contributed by atoms with van der Waals surface area (Å²) in [5.74, 6) is 0. The summed E-state index contributed by atoms with van der Waals surface area (Å²) in [6.45, 7) is 40.7.